The van der Waals surface area contributed by atoms with Crippen molar-refractivity contribution in [2.45, 2.75) is 43.2 Å². The predicted molar refractivity (Wildman–Crippen MR) is 122 cm³/mol. The monoisotopic (exact) mass is 423 g/mol. The molecule has 0 aliphatic carbocycles. The normalized spacial score (nSPS) is 17.4. The average Bonchev–Trinajstić information content (AvgIpc) is 2.79. The number of likely N-dealkylation sites (tertiary alicyclic amines) is 1. The second-order valence-corrected chi connectivity index (χ2v) is 9.10. The largest absolute Gasteiger partial charge is 0.353 e. The third-order valence-electron chi connectivity index (χ3n) is 5.80. The molecule has 0 bridgehead atoms. The molecule has 1 N–H and O–H groups in total. The molecule has 2 aliphatic rings. The molecular weight excluding hydrogens is 394 g/mol. The number of carbonyl (C=O) groups excluding carboxylic acids is 2. The highest BCUT2D eigenvalue weighted by atomic mass is 32.2. The van der Waals surface area contributed by atoms with Crippen LogP contribution in [0.3, 0.4) is 0 Å². The van der Waals surface area contributed by atoms with Crippen LogP contribution in [-0.2, 0) is 16.1 Å². The fourth-order valence-corrected chi connectivity index (χ4v) is 5.16. The smallest absolute Gasteiger partial charge is 0.227 e. The number of piperidine rings is 1. The van der Waals surface area contributed by atoms with E-state index in [4.69, 9.17) is 0 Å². The number of carbonyl (C=O) groups is 2. The molecule has 2 amide bonds. The lowest BCUT2D eigenvalue weighted by Crippen LogP contribution is -2.44. The van der Waals surface area contributed by atoms with Crippen LogP contribution in [0.4, 0.5) is 5.69 Å². The van der Waals surface area contributed by atoms with Gasteiger partial charge in [0.25, 0.3) is 0 Å². The molecule has 2 aromatic carbocycles. The van der Waals surface area contributed by atoms with Gasteiger partial charge in [-0.1, -0.05) is 42.5 Å². The van der Waals surface area contributed by atoms with Gasteiger partial charge in [0.15, 0.2) is 0 Å². The van der Waals surface area contributed by atoms with Crippen molar-refractivity contribution in [1.82, 2.24) is 10.2 Å². The number of hydrogen-bond donors (Lipinski definition) is 1. The lowest BCUT2D eigenvalue weighted by Gasteiger charge is -2.32. The molecule has 30 heavy (non-hydrogen) atoms. The summed E-state index contributed by atoms with van der Waals surface area (Å²) in [7, 11) is 0. The van der Waals surface area contributed by atoms with Gasteiger partial charge in [0, 0.05) is 55.7 Å². The highest BCUT2D eigenvalue weighted by molar-refractivity contribution is 7.99. The first-order chi connectivity index (χ1) is 14.7. The minimum atomic E-state index is -0.00970. The molecular formula is C24H29N3O2S. The Hall–Kier alpha value is -2.31. The predicted octanol–water partition coefficient (Wildman–Crippen LogP) is 3.69. The third-order valence-corrected chi connectivity index (χ3v) is 6.84. The van der Waals surface area contributed by atoms with Crippen LogP contribution in [0.25, 0.3) is 0 Å². The number of anilines is 1. The van der Waals surface area contributed by atoms with E-state index < -0.39 is 0 Å². The summed E-state index contributed by atoms with van der Waals surface area (Å²) in [5, 5.41) is 3.14. The van der Waals surface area contributed by atoms with Gasteiger partial charge < -0.3 is 10.2 Å². The SMILES string of the molecule is O=C(CCC(=O)N1CCSc2ccccc21)NC1CCN(Cc2ccccc2)CC1. The van der Waals surface area contributed by atoms with Crippen molar-refractivity contribution in [2.75, 3.05) is 30.3 Å². The summed E-state index contributed by atoms with van der Waals surface area (Å²) in [5.41, 5.74) is 2.31. The number of nitrogens with one attached hydrogen (secondary N) is 1. The summed E-state index contributed by atoms with van der Waals surface area (Å²) in [6.07, 6.45) is 2.44. The third kappa shape index (κ3) is 5.43. The first-order valence-corrected chi connectivity index (χ1v) is 11.8. The van der Waals surface area contributed by atoms with Gasteiger partial charge in [-0.2, -0.15) is 0 Å². The summed E-state index contributed by atoms with van der Waals surface area (Å²) in [5.74, 6) is 0.927. The van der Waals surface area contributed by atoms with Gasteiger partial charge in [0.05, 0.1) is 5.69 Å². The molecule has 158 valence electrons. The van der Waals surface area contributed by atoms with Crippen molar-refractivity contribution in [3.05, 3.63) is 60.2 Å². The van der Waals surface area contributed by atoms with Gasteiger partial charge in [-0.05, 0) is 30.5 Å². The van der Waals surface area contributed by atoms with Gasteiger partial charge in [-0.15, -0.1) is 11.8 Å². The Morgan fingerprint density at radius 1 is 0.933 bits per heavy atom. The van der Waals surface area contributed by atoms with E-state index in [1.54, 1.807) is 11.8 Å². The molecule has 0 spiro atoms. The Morgan fingerprint density at radius 2 is 1.67 bits per heavy atom. The molecule has 0 unspecified atom stereocenters. The Balaban J connectivity index is 1.19. The summed E-state index contributed by atoms with van der Waals surface area (Å²) >= 11 is 1.78. The zero-order valence-electron chi connectivity index (χ0n) is 17.3. The van der Waals surface area contributed by atoms with Crippen molar-refractivity contribution in [3.63, 3.8) is 0 Å². The zero-order chi connectivity index (χ0) is 20.8. The van der Waals surface area contributed by atoms with Crippen molar-refractivity contribution < 1.29 is 9.59 Å². The second-order valence-electron chi connectivity index (χ2n) is 7.97. The Kier molecular flexibility index (Phi) is 7.07. The highest BCUT2D eigenvalue weighted by Crippen LogP contribution is 2.34. The zero-order valence-corrected chi connectivity index (χ0v) is 18.1. The molecule has 5 nitrogen and oxygen atoms in total. The summed E-state index contributed by atoms with van der Waals surface area (Å²) < 4.78 is 0. The van der Waals surface area contributed by atoms with E-state index in [1.807, 2.05) is 29.2 Å². The fourth-order valence-electron chi connectivity index (χ4n) is 4.16. The summed E-state index contributed by atoms with van der Waals surface area (Å²) in [6, 6.07) is 18.7. The van der Waals surface area contributed by atoms with E-state index >= 15 is 0 Å². The Labute approximate surface area is 182 Å². The van der Waals surface area contributed by atoms with Crippen molar-refractivity contribution in [2.24, 2.45) is 0 Å². The number of hydrogen-bond acceptors (Lipinski definition) is 4. The molecule has 2 aromatic rings. The van der Waals surface area contributed by atoms with Crippen LogP contribution in [0, 0.1) is 0 Å². The molecule has 4 rings (SSSR count). The molecule has 2 aliphatic heterocycles. The number of nitrogens with zero attached hydrogens (tertiary/aromatic N) is 2. The molecule has 1 fully saturated rings. The molecule has 2 heterocycles. The number of rotatable bonds is 6. The number of para-hydroxylation sites is 1. The minimum absolute atomic E-state index is 0.00970. The first kappa shape index (κ1) is 20.9. The maximum Gasteiger partial charge on any atom is 0.227 e. The second kappa shape index (κ2) is 10.1. The van der Waals surface area contributed by atoms with Gasteiger partial charge in [-0.3, -0.25) is 14.5 Å². The van der Waals surface area contributed by atoms with Crippen LogP contribution in [-0.4, -0.2) is 48.1 Å². The van der Waals surface area contributed by atoms with E-state index in [2.05, 4.69) is 40.5 Å². The van der Waals surface area contributed by atoms with Crippen LogP contribution in [0.2, 0.25) is 0 Å². The van der Waals surface area contributed by atoms with Gasteiger partial charge in [0.2, 0.25) is 11.8 Å². The fraction of sp³-hybridized carbons (Fsp3) is 0.417. The number of thioether (sulfide) groups is 1. The van der Waals surface area contributed by atoms with Crippen LogP contribution < -0.4 is 10.2 Å². The molecule has 0 atom stereocenters. The summed E-state index contributed by atoms with van der Waals surface area (Å²) in [6.45, 7) is 3.65. The minimum Gasteiger partial charge on any atom is -0.353 e. The van der Waals surface area contributed by atoms with E-state index in [0.717, 1.165) is 48.8 Å². The van der Waals surface area contributed by atoms with Crippen LogP contribution in [0.1, 0.15) is 31.2 Å². The molecule has 1 saturated heterocycles. The molecule has 0 aromatic heterocycles. The first-order valence-electron chi connectivity index (χ1n) is 10.8. The highest BCUT2D eigenvalue weighted by Gasteiger charge is 2.24. The van der Waals surface area contributed by atoms with E-state index in [9.17, 15) is 9.59 Å². The standard InChI is InChI=1S/C24H29N3O2S/c28-23(10-11-24(29)27-16-17-30-22-9-5-4-8-21(22)27)25-20-12-14-26(15-13-20)18-19-6-2-1-3-7-19/h1-9,20H,10-18H2,(H,25,28). The van der Waals surface area contributed by atoms with E-state index in [0.29, 0.717) is 6.54 Å². The van der Waals surface area contributed by atoms with Crippen LogP contribution >= 0.6 is 11.8 Å². The van der Waals surface area contributed by atoms with Gasteiger partial charge in [-0.25, -0.2) is 0 Å². The van der Waals surface area contributed by atoms with Gasteiger partial charge >= 0.3 is 0 Å². The molecule has 6 heteroatoms. The number of amides is 2. The van der Waals surface area contributed by atoms with Crippen molar-refractivity contribution in [1.29, 1.82) is 0 Å². The summed E-state index contributed by atoms with van der Waals surface area (Å²) in [4.78, 5) is 30.5. The van der Waals surface area contributed by atoms with E-state index in [1.165, 1.54) is 5.56 Å². The Bertz CT molecular complexity index is 866. The maximum atomic E-state index is 12.7. The van der Waals surface area contributed by atoms with Gasteiger partial charge in [0.1, 0.15) is 0 Å². The average molecular weight is 424 g/mol. The quantitative estimate of drug-likeness (QED) is 0.770. The van der Waals surface area contributed by atoms with Crippen LogP contribution in [0.5, 0.6) is 0 Å². The van der Waals surface area contributed by atoms with Crippen molar-refractivity contribution >= 4 is 29.3 Å². The topological polar surface area (TPSA) is 52.7 Å². The van der Waals surface area contributed by atoms with E-state index in [-0.39, 0.29) is 30.7 Å². The number of fused-ring (bicyclic) bond motifs is 1. The molecule has 0 saturated carbocycles. The lowest BCUT2D eigenvalue weighted by atomic mass is 10.0. The van der Waals surface area contributed by atoms with Crippen molar-refractivity contribution in [3.8, 4) is 0 Å². The van der Waals surface area contributed by atoms with Crippen LogP contribution in [0.15, 0.2) is 59.5 Å². The lowest BCUT2D eigenvalue weighted by molar-refractivity contribution is -0.125. The number of benzene rings is 2. The maximum absolute atomic E-state index is 12.7. The Morgan fingerprint density at radius 3 is 2.47 bits per heavy atom. The molecule has 0 radical (unpaired) electrons.